The molecule has 0 saturated heterocycles. The van der Waals surface area contributed by atoms with E-state index in [1.165, 1.54) is 57.8 Å². The number of aryl methyl sites for hydroxylation is 3. The number of ether oxygens (including phenoxy) is 9. The molecule has 0 aliphatic carbocycles. The molecule has 3 unspecified atom stereocenters. The highest BCUT2D eigenvalue weighted by molar-refractivity contribution is 5.86. The van der Waals surface area contributed by atoms with Gasteiger partial charge in [0.2, 0.25) is 38.1 Å². The van der Waals surface area contributed by atoms with Crippen LogP contribution < -0.4 is 44.8 Å². The number of nitrogens with zero attached hydrogens (tertiary/aromatic N) is 9. The normalized spacial score (nSPS) is 15.4. The number of hydrogen-bond acceptors (Lipinski definition) is 27. The highest BCUT2D eigenvalue weighted by atomic mass is 35.5. The molecule has 578 valence electrons. The third-order valence-electron chi connectivity index (χ3n) is 17.7. The number of nitrogens with one attached hydrogen (secondary N) is 2. The summed E-state index contributed by atoms with van der Waals surface area (Å²) in [7, 11) is 1.70. The quantitative estimate of drug-likeness (QED) is 0.0232. The number of hydrogen-bond donors (Lipinski definition) is 4. The van der Waals surface area contributed by atoms with Crippen molar-refractivity contribution in [1.29, 1.82) is 0 Å². The van der Waals surface area contributed by atoms with Gasteiger partial charge in [-0.3, -0.25) is 29.4 Å². The summed E-state index contributed by atoms with van der Waals surface area (Å²) in [6.07, 6.45) is 23.9. The van der Waals surface area contributed by atoms with Crippen molar-refractivity contribution in [2.24, 2.45) is 20.7 Å². The zero-order chi connectivity index (χ0) is 71.4. The van der Waals surface area contributed by atoms with Gasteiger partial charge in [0.15, 0.2) is 57.9 Å². The predicted molar refractivity (Wildman–Crippen MR) is 400 cm³/mol. The molecular formula is C74H105Cl3N12O16. The zero-order valence-electron chi connectivity index (χ0n) is 60.7. The summed E-state index contributed by atoms with van der Waals surface area (Å²) in [5.41, 5.74) is 8.25. The summed E-state index contributed by atoms with van der Waals surface area (Å²) in [6.45, 7) is 10.2. The highest BCUT2D eigenvalue weighted by Crippen LogP contribution is 2.39. The van der Waals surface area contributed by atoms with E-state index in [1.807, 2.05) is 48.5 Å². The van der Waals surface area contributed by atoms with Crippen LogP contribution >= 0.6 is 37.2 Å². The van der Waals surface area contributed by atoms with Crippen LogP contribution in [0.5, 0.6) is 34.5 Å². The number of fused-ring (bicyclic) bond motifs is 3. The Bertz CT molecular complexity index is 3650. The Balaban J connectivity index is 0.000000230. The number of carbonyl (C=O) groups excluding carboxylic acids is 2. The Morgan fingerprint density at radius 2 is 0.848 bits per heavy atom. The molecule has 0 radical (unpaired) electrons. The van der Waals surface area contributed by atoms with Gasteiger partial charge >= 0.3 is 17.9 Å². The minimum Gasteiger partial charge on any atom is -0.484 e. The van der Waals surface area contributed by atoms with Crippen molar-refractivity contribution < 1.29 is 75.7 Å². The van der Waals surface area contributed by atoms with E-state index < -0.39 is 5.97 Å². The number of halogens is 3. The van der Waals surface area contributed by atoms with E-state index in [9.17, 15) is 19.5 Å². The standard InChI is InChI=1S/C25H34N4O5.C23H30N4O5.C19H25N3O5.C7H13NO.3ClH/c1-2-31-25(30)16-19(18-10-11-20-21(14-18)33-17-32-20)15-24-28-23(29-34-24)9-5-7-13-27-22-8-4-3-6-12-26-22;28-23(29)14-17(16-8-9-18-19(12-16)31-15-30-18)13-22-26-21(27-32-22)7-3-5-11-25-20-6-2-1-4-10-24-20;1-2-24-19(23)11-14(13-6-7-15-16(9-13)26-12-25-15)10-18-21-17(22-27-18)5-3-4-8-20;1-9-7-5-3-2-4-6-8-7;;;/h10-11,14,19H,2-9,12-13,15-17H2,1H3,(H,26,27);8-9,12,17H,1-7,10-11,13-15H2,(H,24,25)(H,28,29);6-7,9,14H,2-5,8,10-12,20H2,1H3;2-6H2,1H3;3*1H. The Hall–Kier alpha value is -8.47. The van der Waals surface area contributed by atoms with Crippen LogP contribution in [0.3, 0.4) is 0 Å². The maximum Gasteiger partial charge on any atom is 0.306 e. The number of aromatic nitrogens is 6. The number of amidine groups is 2. The van der Waals surface area contributed by atoms with Crippen molar-refractivity contribution in [3.8, 4) is 34.5 Å². The number of aliphatic carboxylic acids is 1. The number of nitrogens with two attached hydrogens (primary N) is 1. The molecule has 6 aliphatic heterocycles. The Labute approximate surface area is 632 Å². The monoisotopic (exact) mass is 1520 g/mol. The molecule has 0 bridgehead atoms. The van der Waals surface area contributed by atoms with Crippen LogP contribution in [-0.2, 0) is 67.1 Å². The zero-order valence-corrected chi connectivity index (χ0v) is 63.1. The van der Waals surface area contributed by atoms with E-state index in [-0.39, 0.29) is 107 Å². The molecule has 5 N–H and O–H groups in total. The smallest absolute Gasteiger partial charge is 0.306 e. The topological polar surface area (TPSA) is 358 Å². The number of unbranched alkanes of at least 4 members (excludes halogenated alkanes) is 3. The van der Waals surface area contributed by atoms with Crippen LogP contribution in [0.2, 0.25) is 0 Å². The maximum atomic E-state index is 12.2. The van der Waals surface area contributed by atoms with E-state index in [4.69, 9.17) is 61.9 Å². The molecule has 0 saturated carbocycles. The van der Waals surface area contributed by atoms with Crippen molar-refractivity contribution in [2.45, 2.75) is 205 Å². The van der Waals surface area contributed by atoms with E-state index in [1.54, 1.807) is 27.0 Å². The van der Waals surface area contributed by atoms with E-state index in [0.29, 0.717) is 109 Å². The molecule has 3 aromatic heterocycles. The second-order valence-electron chi connectivity index (χ2n) is 25.6. The first-order chi connectivity index (χ1) is 50.0. The van der Waals surface area contributed by atoms with Crippen LogP contribution in [0.4, 0.5) is 0 Å². The Morgan fingerprint density at radius 1 is 0.476 bits per heavy atom. The fraction of sp³-hybridized carbons (Fsp3) is 0.595. The van der Waals surface area contributed by atoms with Crippen LogP contribution in [0.25, 0.3) is 0 Å². The van der Waals surface area contributed by atoms with Crippen molar-refractivity contribution >= 4 is 72.7 Å². The summed E-state index contributed by atoms with van der Waals surface area (Å²) >= 11 is 0. The highest BCUT2D eigenvalue weighted by Gasteiger charge is 2.28. The molecule has 3 atom stereocenters. The number of carboxylic acid groups (broad SMARTS) is 1. The first kappa shape index (κ1) is 85.5. The predicted octanol–water partition coefficient (Wildman–Crippen LogP) is 12.7. The SMILES string of the molecule is CCOC(=O)CC(Cc1nc(CCCCN)no1)c1ccc2c(c1)OCO2.CCOC(=O)CC(Cc1nc(CCCCNC2=NCCCCC2)no1)c1ccc2c(c1)OCO2.COC1=NCCCCC1.Cl.Cl.Cl.O=C(O)CC(Cc1nc(CCCCNC2=NCCCCC2)no1)c1ccc2c(c1)OCO2. The van der Waals surface area contributed by atoms with Crippen LogP contribution in [0, 0.1) is 0 Å². The fourth-order valence-corrected chi connectivity index (χ4v) is 12.3. The van der Waals surface area contributed by atoms with Gasteiger partial charge in [-0.15, -0.1) is 37.2 Å². The fourth-order valence-electron chi connectivity index (χ4n) is 12.3. The second-order valence-corrected chi connectivity index (χ2v) is 25.6. The molecule has 9 heterocycles. The summed E-state index contributed by atoms with van der Waals surface area (Å²) in [6, 6.07) is 16.9. The molecule has 6 aromatic rings. The molecule has 28 nitrogen and oxygen atoms in total. The number of benzene rings is 3. The third kappa shape index (κ3) is 29.8. The van der Waals surface area contributed by atoms with Crippen molar-refractivity contribution in [1.82, 2.24) is 41.1 Å². The number of carbonyl (C=O) groups is 3. The van der Waals surface area contributed by atoms with Crippen molar-refractivity contribution in [2.75, 3.05) is 80.0 Å². The first-order valence-corrected chi connectivity index (χ1v) is 36.5. The minimum atomic E-state index is -0.877. The lowest BCUT2D eigenvalue weighted by atomic mass is 9.92. The van der Waals surface area contributed by atoms with E-state index >= 15 is 0 Å². The number of methoxy groups -OCH3 is 1. The van der Waals surface area contributed by atoms with Crippen LogP contribution in [0.1, 0.15) is 218 Å². The average Bonchev–Trinajstić information content (AvgIpc) is 1.77. The van der Waals surface area contributed by atoms with Crippen LogP contribution in [-0.4, -0.2) is 151 Å². The van der Waals surface area contributed by atoms with E-state index in [2.05, 4.69) is 56.0 Å². The third-order valence-corrected chi connectivity index (χ3v) is 17.7. The van der Waals surface area contributed by atoms with Gasteiger partial charge in [-0.2, -0.15) is 15.0 Å². The molecule has 12 rings (SSSR count). The summed E-state index contributed by atoms with van der Waals surface area (Å²) in [5.74, 6) is 8.79. The molecular weight excluding hydrogens is 1420 g/mol. The number of esters is 2. The average molecular weight is 1530 g/mol. The van der Waals surface area contributed by atoms with Gasteiger partial charge in [0.05, 0.1) is 51.3 Å². The maximum absolute atomic E-state index is 12.2. The summed E-state index contributed by atoms with van der Waals surface area (Å²) < 4.78 is 64.1. The first-order valence-electron chi connectivity index (χ1n) is 36.5. The lowest BCUT2D eigenvalue weighted by Gasteiger charge is -2.15. The van der Waals surface area contributed by atoms with Gasteiger partial charge < -0.3 is 77.7 Å². The Kier molecular flexibility index (Phi) is 39.0. The van der Waals surface area contributed by atoms with Gasteiger partial charge in [-0.1, -0.05) is 52.9 Å². The largest absolute Gasteiger partial charge is 0.484 e. The second kappa shape index (κ2) is 47.9. The molecule has 6 aliphatic rings. The van der Waals surface area contributed by atoms with Crippen LogP contribution in [0.15, 0.2) is 83.1 Å². The molecule has 0 amide bonds. The minimum absolute atomic E-state index is 0. The molecule has 0 fully saturated rings. The van der Waals surface area contributed by atoms with E-state index in [0.717, 1.165) is 144 Å². The lowest BCUT2D eigenvalue weighted by Crippen LogP contribution is -2.24. The molecule has 31 heteroatoms. The summed E-state index contributed by atoms with van der Waals surface area (Å²) in [5, 5.41) is 28.5. The van der Waals surface area contributed by atoms with Crippen molar-refractivity contribution in [3.05, 3.63) is 106 Å². The van der Waals surface area contributed by atoms with Crippen molar-refractivity contribution in [3.63, 3.8) is 0 Å². The molecule has 0 spiro atoms. The number of aliphatic imine (C=N–C) groups is 3. The van der Waals surface area contributed by atoms with Gasteiger partial charge in [0, 0.05) is 108 Å². The summed E-state index contributed by atoms with van der Waals surface area (Å²) in [4.78, 5) is 62.6. The molecule has 3 aromatic carbocycles. The van der Waals surface area contributed by atoms with Gasteiger partial charge in [0.25, 0.3) is 0 Å². The number of rotatable bonds is 31. The Morgan fingerprint density at radius 3 is 1.23 bits per heavy atom. The number of carboxylic acids is 1. The molecule has 105 heavy (non-hydrogen) atoms. The van der Waals surface area contributed by atoms with Gasteiger partial charge in [-0.05, 0) is 151 Å². The lowest BCUT2D eigenvalue weighted by molar-refractivity contribution is -0.144. The van der Waals surface area contributed by atoms with Gasteiger partial charge in [0.1, 0.15) is 0 Å². The van der Waals surface area contributed by atoms with Gasteiger partial charge in [-0.25, -0.2) is 0 Å².